The maximum Gasteiger partial charge on any atom is 0.339 e. The molecule has 7 nitrogen and oxygen atoms in total. The number of benzene rings is 1. The molecule has 1 aromatic rings. The predicted octanol–water partition coefficient (Wildman–Crippen LogP) is -1.68. The molecule has 1 aromatic carbocycles. The second-order valence-electron chi connectivity index (χ2n) is 5.13. The summed E-state index contributed by atoms with van der Waals surface area (Å²) in [6.07, 6.45) is -0.310. The number of carbonyl (C=O) groups excluding carboxylic acids is 2. The van der Waals surface area contributed by atoms with Gasteiger partial charge in [-0.25, -0.2) is 9.59 Å². The highest BCUT2D eigenvalue weighted by Gasteiger charge is 2.28. The molecule has 130 valence electrons. The van der Waals surface area contributed by atoms with Gasteiger partial charge in [0.25, 0.3) is 10.1 Å². The van der Waals surface area contributed by atoms with Crippen LogP contribution in [-0.4, -0.2) is 75.8 Å². The average molecular weight is 370 g/mol. The Balaban J connectivity index is 3.58. The van der Waals surface area contributed by atoms with Crippen molar-refractivity contribution in [3.63, 3.8) is 0 Å². The molecule has 0 spiro atoms. The molecule has 0 saturated carbocycles. The molecule has 0 fully saturated rings. The van der Waals surface area contributed by atoms with E-state index in [-0.39, 0.29) is 41.1 Å². The fourth-order valence-corrected chi connectivity index (χ4v) is 2.78. The normalized spacial score (nSPS) is 11.2. The van der Waals surface area contributed by atoms with Crippen molar-refractivity contribution >= 4 is 58.9 Å². The third-order valence-electron chi connectivity index (χ3n) is 3.66. The van der Waals surface area contributed by atoms with Gasteiger partial charge >= 0.3 is 11.9 Å². The first-order valence-electron chi connectivity index (χ1n) is 7.39. The molecule has 26 heavy (non-hydrogen) atoms. The van der Waals surface area contributed by atoms with E-state index in [4.69, 9.17) is 40.7 Å². The van der Waals surface area contributed by atoms with Crippen LogP contribution in [0.2, 0.25) is 0 Å². The summed E-state index contributed by atoms with van der Waals surface area (Å²) in [5, 5.41) is 0. The largest absolute Gasteiger partial charge is 0.465 e. The van der Waals surface area contributed by atoms with Gasteiger partial charge in [0.1, 0.15) is 20.2 Å². The van der Waals surface area contributed by atoms with Crippen molar-refractivity contribution in [2.24, 2.45) is 0 Å². The van der Waals surface area contributed by atoms with E-state index in [1.807, 2.05) is 0 Å². The number of hydrogen-bond donors (Lipinski definition) is 1. The molecule has 0 aromatic heterocycles. The second-order valence-corrected chi connectivity index (χ2v) is 6.70. The van der Waals surface area contributed by atoms with Gasteiger partial charge in [-0.1, -0.05) is 35.6 Å². The molecule has 1 N–H and O–H groups in total. The highest BCUT2D eigenvalue weighted by Crippen LogP contribution is 2.24. The number of rotatable bonds is 8. The van der Waals surface area contributed by atoms with Crippen LogP contribution in [0, 0.1) is 0 Å². The zero-order chi connectivity index (χ0) is 20.1. The molecular formula is C14H14B4O7S. The van der Waals surface area contributed by atoms with Crippen molar-refractivity contribution in [3.05, 3.63) is 27.8 Å². The monoisotopic (exact) mass is 370 g/mol. The highest BCUT2D eigenvalue weighted by atomic mass is 32.2. The first-order chi connectivity index (χ1) is 12.1. The molecule has 0 unspecified atom stereocenters. The maximum atomic E-state index is 12.5. The average Bonchev–Trinajstić information content (AvgIpc) is 2.58. The Hall–Kier alpha value is -1.67. The van der Waals surface area contributed by atoms with E-state index in [1.165, 1.54) is 0 Å². The third kappa shape index (κ3) is 4.94. The fraction of sp³-hybridized carbons (Fsp3) is 0.429. The molecule has 0 bridgehead atoms. The molecule has 0 aliphatic heterocycles. The molecule has 12 heteroatoms. The number of esters is 2. The minimum atomic E-state index is -4.34. The molecule has 0 atom stereocenters. The van der Waals surface area contributed by atoms with Crippen LogP contribution in [0.1, 0.15) is 37.4 Å². The molecule has 0 amide bonds. The Kier molecular flexibility index (Phi) is 8.02. The van der Waals surface area contributed by atoms with Gasteiger partial charge < -0.3 is 9.47 Å². The van der Waals surface area contributed by atoms with Crippen LogP contribution in [0.25, 0.3) is 0 Å². The Morgan fingerprint density at radius 3 is 1.92 bits per heavy atom. The van der Waals surface area contributed by atoms with Crippen molar-refractivity contribution in [3.8, 4) is 0 Å². The summed E-state index contributed by atoms with van der Waals surface area (Å²) in [7, 11) is 19.8. The van der Waals surface area contributed by atoms with Gasteiger partial charge in [0.15, 0.2) is 0 Å². The fourth-order valence-electron chi connectivity index (χ4n) is 2.49. The van der Waals surface area contributed by atoms with Crippen molar-refractivity contribution < 1.29 is 32.0 Å². The summed E-state index contributed by atoms with van der Waals surface area (Å²) < 4.78 is 39.7. The maximum absolute atomic E-state index is 12.5. The van der Waals surface area contributed by atoms with Gasteiger partial charge in [-0.2, -0.15) is 8.42 Å². The Bertz CT molecular complexity index is 808. The third-order valence-corrected chi connectivity index (χ3v) is 4.34. The summed E-state index contributed by atoms with van der Waals surface area (Å²) in [5.74, 6) is -2.79. The molecule has 1 rings (SSSR count). The predicted molar refractivity (Wildman–Crippen MR) is 98.2 cm³/mol. The standard InChI is InChI=1S/C14H14B4O7S/c1-24-13(19)11-10(14(20)25-2-3-26(21,22)23)8(5-16)7(4-15)9(6-17)12(11)18/h2-6H2,1H3,(H,21,22,23). The lowest BCUT2D eigenvalue weighted by molar-refractivity contribution is 0.0505. The van der Waals surface area contributed by atoms with Crippen LogP contribution in [0.5, 0.6) is 0 Å². The van der Waals surface area contributed by atoms with Crippen molar-refractivity contribution in [1.82, 2.24) is 0 Å². The Morgan fingerprint density at radius 2 is 1.50 bits per heavy atom. The molecule has 0 heterocycles. The molecule has 0 aliphatic carbocycles. The SMILES string of the molecule is [B]Cc1c([B])c(C(=O)OC)c(C(=O)OCCS(=O)(=O)O)c(C[B])c1C[B]. The summed E-state index contributed by atoms with van der Waals surface area (Å²) in [6, 6.07) is 0. The first kappa shape index (κ1) is 22.4. The van der Waals surface area contributed by atoms with Gasteiger partial charge in [0.2, 0.25) is 0 Å². The zero-order valence-electron chi connectivity index (χ0n) is 14.1. The minimum Gasteiger partial charge on any atom is -0.465 e. The topological polar surface area (TPSA) is 107 Å². The highest BCUT2D eigenvalue weighted by molar-refractivity contribution is 7.85. The lowest BCUT2D eigenvalue weighted by atomic mass is 9.70. The van der Waals surface area contributed by atoms with E-state index >= 15 is 0 Å². The lowest BCUT2D eigenvalue weighted by Crippen LogP contribution is -2.31. The quantitative estimate of drug-likeness (QED) is 0.331. The van der Waals surface area contributed by atoms with Crippen molar-refractivity contribution in [2.45, 2.75) is 19.0 Å². The van der Waals surface area contributed by atoms with Crippen LogP contribution < -0.4 is 5.46 Å². The van der Waals surface area contributed by atoms with Crippen LogP contribution in [0.4, 0.5) is 0 Å². The van der Waals surface area contributed by atoms with Gasteiger partial charge in [0, 0.05) is 0 Å². The number of carbonyl (C=O) groups is 2. The zero-order valence-corrected chi connectivity index (χ0v) is 15.0. The summed E-state index contributed by atoms with van der Waals surface area (Å²) in [6.45, 7) is -0.640. The number of hydrogen-bond acceptors (Lipinski definition) is 6. The van der Waals surface area contributed by atoms with Gasteiger partial charge in [-0.05, 0) is 5.56 Å². The van der Waals surface area contributed by atoms with Gasteiger partial charge in [-0.3, -0.25) is 4.55 Å². The molecule has 0 saturated heterocycles. The summed E-state index contributed by atoms with van der Waals surface area (Å²) >= 11 is 0. The van der Waals surface area contributed by atoms with Crippen LogP contribution in [-0.2, 0) is 38.6 Å². The Labute approximate surface area is 157 Å². The van der Waals surface area contributed by atoms with E-state index < -0.39 is 34.4 Å². The number of ether oxygens (including phenoxy) is 2. The molecule has 8 radical (unpaired) electrons. The first-order valence-corrected chi connectivity index (χ1v) is 9.00. The number of methoxy groups -OCH3 is 1. The molecular weight excluding hydrogens is 355 g/mol. The van der Waals surface area contributed by atoms with Crippen LogP contribution in [0.3, 0.4) is 0 Å². The smallest absolute Gasteiger partial charge is 0.339 e. The van der Waals surface area contributed by atoms with E-state index in [0.29, 0.717) is 11.1 Å². The Morgan fingerprint density at radius 1 is 0.962 bits per heavy atom. The summed E-state index contributed by atoms with van der Waals surface area (Å²) in [4.78, 5) is 24.7. The van der Waals surface area contributed by atoms with Gasteiger partial charge in [0.05, 0.1) is 41.8 Å². The van der Waals surface area contributed by atoms with Crippen molar-refractivity contribution in [1.29, 1.82) is 0 Å². The van der Waals surface area contributed by atoms with E-state index in [0.717, 1.165) is 7.11 Å². The lowest BCUT2D eigenvalue weighted by Gasteiger charge is -2.23. The minimum absolute atomic E-state index is 0.0595. The van der Waals surface area contributed by atoms with Crippen LogP contribution >= 0.6 is 0 Å². The van der Waals surface area contributed by atoms with E-state index in [1.54, 1.807) is 0 Å². The van der Waals surface area contributed by atoms with Crippen molar-refractivity contribution in [2.75, 3.05) is 19.5 Å². The van der Waals surface area contributed by atoms with E-state index in [2.05, 4.69) is 4.74 Å². The van der Waals surface area contributed by atoms with Gasteiger partial charge in [-0.15, -0.1) is 0 Å². The van der Waals surface area contributed by atoms with Crippen LogP contribution in [0.15, 0.2) is 0 Å². The van der Waals surface area contributed by atoms with E-state index in [9.17, 15) is 18.0 Å². The molecule has 0 aliphatic rings. The summed E-state index contributed by atoms with van der Waals surface area (Å²) in [5.41, 5.74) is 0.273. The second kappa shape index (κ2) is 9.32.